The molecule has 1 amide bonds. The number of carbonyl (C=O) groups excluding carboxylic acids is 1. The zero-order valence-electron chi connectivity index (χ0n) is 14.2. The number of carbonyl (C=O) groups is 1. The Balaban J connectivity index is 0.00000243. The Kier molecular flexibility index (Phi) is 6.67. The molecule has 0 saturated carbocycles. The van der Waals surface area contributed by atoms with Gasteiger partial charge in [0.2, 0.25) is 5.91 Å². The maximum absolute atomic E-state index is 13.5. The third-order valence-electron chi connectivity index (χ3n) is 4.47. The summed E-state index contributed by atoms with van der Waals surface area (Å²) in [5.74, 6) is -4.27. The van der Waals surface area contributed by atoms with Gasteiger partial charge in [-0.2, -0.15) is 0 Å². The molecule has 0 aliphatic carbocycles. The SMILES string of the molecule is C[C@H]1C[C@@H](C(=O)Nc2ccccc2-c2cc(F)c(F)c(F)c2)CCN1.Cl. The summed E-state index contributed by atoms with van der Waals surface area (Å²) in [5, 5.41) is 6.13. The summed E-state index contributed by atoms with van der Waals surface area (Å²) in [6, 6.07) is 8.83. The van der Waals surface area contributed by atoms with Gasteiger partial charge in [0.05, 0.1) is 0 Å². The standard InChI is InChI=1S/C19H19F3N2O.ClH/c1-11-8-12(6-7-23-11)19(25)24-17-5-3-2-4-14(17)13-9-15(20)18(22)16(21)10-13;/h2-5,9-12,23H,6-8H2,1H3,(H,24,25);1H/t11-,12-;/m0./s1. The molecule has 2 atom stereocenters. The fourth-order valence-electron chi connectivity index (χ4n) is 3.16. The van der Waals surface area contributed by atoms with Gasteiger partial charge in [-0.3, -0.25) is 4.79 Å². The van der Waals surface area contributed by atoms with Gasteiger partial charge in [0.1, 0.15) is 0 Å². The first-order valence-corrected chi connectivity index (χ1v) is 8.24. The number of rotatable bonds is 3. The molecule has 1 aliphatic rings. The molecule has 1 heterocycles. The monoisotopic (exact) mass is 384 g/mol. The van der Waals surface area contributed by atoms with E-state index in [0.717, 1.165) is 31.5 Å². The van der Waals surface area contributed by atoms with Crippen LogP contribution in [0.15, 0.2) is 36.4 Å². The fourth-order valence-corrected chi connectivity index (χ4v) is 3.16. The van der Waals surface area contributed by atoms with Crippen molar-refractivity contribution in [2.45, 2.75) is 25.8 Å². The van der Waals surface area contributed by atoms with E-state index in [1.54, 1.807) is 24.3 Å². The van der Waals surface area contributed by atoms with Crippen molar-refractivity contribution in [2.75, 3.05) is 11.9 Å². The third kappa shape index (κ3) is 4.37. The molecular weight excluding hydrogens is 365 g/mol. The Morgan fingerprint density at radius 1 is 1.15 bits per heavy atom. The highest BCUT2D eigenvalue weighted by Crippen LogP contribution is 2.31. The van der Waals surface area contributed by atoms with E-state index < -0.39 is 17.5 Å². The van der Waals surface area contributed by atoms with Crippen LogP contribution < -0.4 is 10.6 Å². The normalized spacial score (nSPS) is 19.5. The minimum atomic E-state index is -1.51. The van der Waals surface area contributed by atoms with Gasteiger partial charge in [-0.15, -0.1) is 12.4 Å². The summed E-state index contributed by atoms with van der Waals surface area (Å²) in [5.41, 5.74) is 1.06. The highest BCUT2D eigenvalue weighted by molar-refractivity contribution is 5.96. The van der Waals surface area contributed by atoms with Crippen LogP contribution in [0.4, 0.5) is 18.9 Å². The van der Waals surface area contributed by atoms with E-state index in [2.05, 4.69) is 10.6 Å². The lowest BCUT2D eigenvalue weighted by atomic mass is 9.92. The molecule has 3 nitrogen and oxygen atoms in total. The minimum Gasteiger partial charge on any atom is -0.325 e. The molecule has 3 rings (SSSR count). The van der Waals surface area contributed by atoms with Gasteiger partial charge >= 0.3 is 0 Å². The molecule has 0 spiro atoms. The Hall–Kier alpha value is -2.05. The van der Waals surface area contributed by atoms with Crippen LogP contribution >= 0.6 is 12.4 Å². The molecule has 0 aromatic heterocycles. The smallest absolute Gasteiger partial charge is 0.227 e. The Labute approximate surface area is 156 Å². The topological polar surface area (TPSA) is 41.1 Å². The van der Waals surface area contributed by atoms with Gasteiger partial charge < -0.3 is 10.6 Å². The zero-order valence-corrected chi connectivity index (χ0v) is 15.0. The molecule has 0 radical (unpaired) electrons. The second kappa shape index (κ2) is 8.56. The molecule has 1 aliphatic heterocycles. The van der Waals surface area contributed by atoms with E-state index in [1.807, 2.05) is 6.92 Å². The van der Waals surface area contributed by atoms with E-state index in [4.69, 9.17) is 0 Å². The molecule has 2 aromatic carbocycles. The van der Waals surface area contributed by atoms with E-state index in [1.165, 1.54) is 0 Å². The number of hydrogen-bond acceptors (Lipinski definition) is 2. The van der Waals surface area contributed by atoms with Gasteiger partial charge in [-0.25, -0.2) is 13.2 Å². The zero-order chi connectivity index (χ0) is 18.0. The van der Waals surface area contributed by atoms with Crippen LogP contribution in [0, 0.1) is 23.4 Å². The summed E-state index contributed by atoms with van der Waals surface area (Å²) >= 11 is 0. The molecule has 2 N–H and O–H groups in total. The summed E-state index contributed by atoms with van der Waals surface area (Å²) in [6.07, 6.45) is 1.46. The number of benzene rings is 2. The molecule has 2 aromatic rings. The van der Waals surface area contributed by atoms with E-state index in [-0.39, 0.29) is 35.8 Å². The van der Waals surface area contributed by atoms with Crippen molar-refractivity contribution >= 4 is 24.0 Å². The number of para-hydroxylation sites is 1. The van der Waals surface area contributed by atoms with Crippen LogP contribution in [0.1, 0.15) is 19.8 Å². The van der Waals surface area contributed by atoms with Crippen molar-refractivity contribution in [1.29, 1.82) is 0 Å². The average molecular weight is 385 g/mol. The van der Waals surface area contributed by atoms with Gasteiger partial charge in [0, 0.05) is 23.2 Å². The number of amides is 1. The van der Waals surface area contributed by atoms with Gasteiger partial charge in [-0.1, -0.05) is 18.2 Å². The molecule has 140 valence electrons. The van der Waals surface area contributed by atoms with Crippen molar-refractivity contribution in [3.63, 3.8) is 0 Å². The highest BCUT2D eigenvalue weighted by Gasteiger charge is 2.25. The first-order chi connectivity index (χ1) is 12.0. The van der Waals surface area contributed by atoms with Crippen LogP contribution in [0.25, 0.3) is 11.1 Å². The molecule has 0 bridgehead atoms. The first-order valence-electron chi connectivity index (χ1n) is 8.24. The minimum absolute atomic E-state index is 0. The maximum atomic E-state index is 13.5. The van der Waals surface area contributed by atoms with Crippen molar-refractivity contribution in [3.8, 4) is 11.1 Å². The average Bonchev–Trinajstić information content (AvgIpc) is 2.59. The second-order valence-electron chi connectivity index (χ2n) is 6.37. The number of anilines is 1. The lowest BCUT2D eigenvalue weighted by Gasteiger charge is -2.27. The van der Waals surface area contributed by atoms with E-state index >= 15 is 0 Å². The molecule has 1 fully saturated rings. The van der Waals surface area contributed by atoms with Gasteiger partial charge in [0.25, 0.3) is 0 Å². The third-order valence-corrected chi connectivity index (χ3v) is 4.47. The molecule has 7 heteroatoms. The number of piperidine rings is 1. The molecule has 0 unspecified atom stereocenters. The first kappa shape index (κ1) is 20.3. The van der Waals surface area contributed by atoms with Crippen LogP contribution in [-0.4, -0.2) is 18.5 Å². The Morgan fingerprint density at radius 2 is 1.81 bits per heavy atom. The van der Waals surface area contributed by atoms with Gasteiger partial charge in [0.15, 0.2) is 17.5 Å². The van der Waals surface area contributed by atoms with Crippen LogP contribution in [0.2, 0.25) is 0 Å². The maximum Gasteiger partial charge on any atom is 0.227 e. The number of hydrogen-bond donors (Lipinski definition) is 2. The second-order valence-corrected chi connectivity index (χ2v) is 6.37. The van der Waals surface area contributed by atoms with Crippen molar-refractivity contribution in [2.24, 2.45) is 5.92 Å². The Bertz CT molecular complexity index is 777. The lowest BCUT2D eigenvalue weighted by Crippen LogP contribution is -2.40. The van der Waals surface area contributed by atoms with Crippen molar-refractivity contribution < 1.29 is 18.0 Å². The summed E-state index contributed by atoms with van der Waals surface area (Å²) in [6.45, 7) is 2.80. The number of nitrogens with one attached hydrogen (secondary N) is 2. The predicted octanol–water partition coefficient (Wildman–Crippen LogP) is 4.52. The molecule has 1 saturated heterocycles. The summed E-state index contributed by atoms with van der Waals surface area (Å²) < 4.78 is 40.3. The summed E-state index contributed by atoms with van der Waals surface area (Å²) in [7, 11) is 0. The fraction of sp³-hybridized carbons (Fsp3) is 0.316. The van der Waals surface area contributed by atoms with Crippen molar-refractivity contribution in [3.05, 3.63) is 53.8 Å². The van der Waals surface area contributed by atoms with Crippen LogP contribution in [0.5, 0.6) is 0 Å². The number of halogens is 4. The quantitative estimate of drug-likeness (QED) is 0.764. The van der Waals surface area contributed by atoms with Gasteiger partial charge in [-0.05, 0) is 50.1 Å². The van der Waals surface area contributed by atoms with Crippen molar-refractivity contribution in [1.82, 2.24) is 5.32 Å². The highest BCUT2D eigenvalue weighted by atomic mass is 35.5. The molecule has 26 heavy (non-hydrogen) atoms. The molecular formula is C19H20ClF3N2O. The van der Waals surface area contributed by atoms with E-state index in [0.29, 0.717) is 11.3 Å². The predicted molar refractivity (Wildman–Crippen MR) is 97.8 cm³/mol. The largest absolute Gasteiger partial charge is 0.325 e. The van der Waals surface area contributed by atoms with E-state index in [9.17, 15) is 18.0 Å². The summed E-state index contributed by atoms with van der Waals surface area (Å²) in [4.78, 5) is 12.5. The van der Waals surface area contributed by atoms with Crippen LogP contribution in [0.3, 0.4) is 0 Å². The Morgan fingerprint density at radius 3 is 2.46 bits per heavy atom. The van der Waals surface area contributed by atoms with Crippen LogP contribution in [-0.2, 0) is 4.79 Å². The lowest BCUT2D eigenvalue weighted by molar-refractivity contribution is -0.120.